The van der Waals surface area contributed by atoms with Gasteiger partial charge in [0.05, 0.1) is 6.61 Å². The molecule has 1 aliphatic rings. The van der Waals surface area contributed by atoms with Crippen LogP contribution in [0.25, 0.3) is 0 Å². The fourth-order valence-corrected chi connectivity index (χ4v) is 1.41. The molecule has 0 radical (unpaired) electrons. The maximum absolute atomic E-state index is 13.0. The van der Waals surface area contributed by atoms with Crippen molar-refractivity contribution < 1.29 is 9.13 Å². The molecule has 12 heavy (non-hydrogen) atoms. The van der Waals surface area contributed by atoms with E-state index in [0.717, 1.165) is 19.5 Å². The van der Waals surface area contributed by atoms with Gasteiger partial charge in [0.25, 0.3) is 0 Å². The summed E-state index contributed by atoms with van der Waals surface area (Å²) in [5, 5.41) is 0. The molecule has 0 amide bonds. The van der Waals surface area contributed by atoms with Crippen molar-refractivity contribution in [2.24, 2.45) is 5.73 Å². The molecule has 72 valence electrons. The number of nitrogens with two attached hydrogens (primary N) is 1. The largest absolute Gasteiger partial charge is 0.383 e. The Morgan fingerprint density at radius 3 is 3.00 bits per heavy atom. The molecule has 2 atom stereocenters. The van der Waals surface area contributed by atoms with Crippen molar-refractivity contribution in [1.29, 1.82) is 0 Å². The number of hydrogen-bond acceptors (Lipinski definition) is 3. The Bertz CT molecular complexity index is 132. The number of piperidine rings is 1. The molecule has 0 spiro atoms. The molecule has 1 fully saturated rings. The Balaban J connectivity index is 2.21. The van der Waals surface area contributed by atoms with Crippen molar-refractivity contribution in [2.45, 2.75) is 18.6 Å². The number of alkyl halides is 1. The molecule has 1 heterocycles. The number of hydrogen-bond donors (Lipinski definition) is 1. The number of rotatable bonds is 3. The van der Waals surface area contributed by atoms with Gasteiger partial charge in [0, 0.05) is 26.2 Å². The second-order valence-corrected chi connectivity index (χ2v) is 3.26. The number of halogens is 1. The van der Waals surface area contributed by atoms with Crippen molar-refractivity contribution >= 4 is 0 Å². The van der Waals surface area contributed by atoms with Gasteiger partial charge in [0.15, 0.2) is 0 Å². The molecular weight excluding hydrogens is 159 g/mol. The monoisotopic (exact) mass is 176 g/mol. The topological polar surface area (TPSA) is 38.5 Å². The number of ether oxygens (including phenoxy) is 1. The van der Waals surface area contributed by atoms with E-state index in [-0.39, 0.29) is 6.04 Å². The van der Waals surface area contributed by atoms with Crippen molar-refractivity contribution in [3.05, 3.63) is 0 Å². The minimum atomic E-state index is -0.865. The van der Waals surface area contributed by atoms with Crippen LogP contribution in [-0.4, -0.2) is 50.5 Å². The van der Waals surface area contributed by atoms with E-state index < -0.39 is 6.17 Å². The Hall–Kier alpha value is -0.190. The molecule has 0 aromatic heterocycles. The zero-order chi connectivity index (χ0) is 8.97. The fraction of sp³-hybridized carbons (Fsp3) is 1.00. The average Bonchev–Trinajstić information content (AvgIpc) is 2.07. The molecule has 3 nitrogen and oxygen atoms in total. The first kappa shape index (κ1) is 9.89. The van der Waals surface area contributed by atoms with Crippen LogP contribution in [0.3, 0.4) is 0 Å². The first-order chi connectivity index (χ1) is 5.74. The van der Waals surface area contributed by atoms with E-state index in [1.165, 1.54) is 0 Å². The lowest BCUT2D eigenvalue weighted by molar-refractivity contribution is 0.0877. The van der Waals surface area contributed by atoms with Crippen LogP contribution in [0.15, 0.2) is 0 Å². The summed E-state index contributed by atoms with van der Waals surface area (Å²) >= 11 is 0. The Kier molecular flexibility index (Phi) is 3.91. The van der Waals surface area contributed by atoms with Gasteiger partial charge in [-0.2, -0.15) is 0 Å². The first-order valence-electron chi connectivity index (χ1n) is 4.35. The van der Waals surface area contributed by atoms with Gasteiger partial charge in [-0.05, 0) is 13.0 Å². The molecular formula is C8H17FN2O. The van der Waals surface area contributed by atoms with Crippen molar-refractivity contribution in [3.8, 4) is 0 Å². The summed E-state index contributed by atoms with van der Waals surface area (Å²) in [5.41, 5.74) is 5.54. The molecule has 1 saturated heterocycles. The molecule has 0 aliphatic carbocycles. The predicted molar refractivity (Wildman–Crippen MR) is 45.8 cm³/mol. The molecule has 1 rings (SSSR count). The van der Waals surface area contributed by atoms with Crippen LogP contribution < -0.4 is 5.73 Å². The SMILES string of the molecule is COCCN1CCC(N)C(F)C1. The van der Waals surface area contributed by atoms with Gasteiger partial charge in [-0.15, -0.1) is 0 Å². The summed E-state index contributed by atoms with van der Waals surface area (Å²) in [7, 11) is 1.66. The highest BCUT2D eigenvalue weighted by atomic mass is 19.1. The molecule has 0 bridgehead atoms. The van der Waals surface area contributed by atoms with Crippen molar-refractivity contribution in [2.75, 3.05) is 33.4 Å². The maximum Gasteiger partial charge on any atom is 0.128 e. The Morgan fingerprint density at radius 1 is 1.67 bits per heavy atom. The highest BCUT2D eigenvalue weighted by molar-refractivity contribution is 4.82. The van der Waals surface area contributed by atoms with E-state index >= 15 is 0 Å². The first-order valence-corrected chi connectivity index (χ1v) is 4.35. The van der Waals surface area contributed by atoms with Gasteiger partial charge >= 0.3 is 0 Å². The standard InChI is InChI=1S/C8H17FN2O/c1-12-5-4-11-3-2-8(10)7(9)6-11/h7-8H,2-6,10H2,1H3. The van der Waals surface area contributed by atoms with E-state index in [9.17, 15) is 4.39 Å². The number of likely N-dealkylation sites (tertiary alicyclic amines) is 1. The summed E-state index contributed by atoms with van der Waals surface area (Å²) < 4.78 is 18.0. The van der Waals surface area contributed by atoms with E-state index in [1.807, 2.05) is 0 Å². The quantitative estimate of drug-likeness (QED) is 0.658. The third-order valence-corrected chi connectivity index (χ3v) is 2.29. The van der Waals surface area contributed by atoms with E-state index in [1.54, 1.807) is 7.11 Å². The van der Waals surface area contributed by atoms with Gasteiger partial charge in [0.2, 0.25) is 0 Å². The van der Waals surface area contributed by atoms with Gasteiger partial charge in [0.1, 0.15) is 6.17 Å². The van der Waals surface area contributed by atoms with E-state index in [4.69, 9.17) is 10.5 Å². The smallest absolute Gasteiger partial charge is 0.128 e. The minimum absolute atomic E-state index is 0.260. The predicted octanol–water partition coefficient (Wildman–Crippen LogP) is 0.00390. The molecule has 4 heteroatoms. The van der Waals surface area contributed by atoms with Gasteiger partial charge in [-0.25, -0.2) is 4.39 Å². The minimum Gasteiger partial charge on any atom is -0.383 e. The normalized spacial score (nSPS) is 32.2. The maximum atomic E-state index is 13.0. The fourth-order valence-electron chi connectivity index (χ4n) is 1.41. The highest BCUT2D eigenvalue weighted by Gasteiger charge is 2.25. The summed E-state index contributed by atoms with van der Waals surface area (Å²) in [6.07, 6.45) is -0.110. The second-order valence-electron chi connectivity index (χ2n) is 3.26. The van der Waals surface area contributed by atoms with Crippen LogP contribution in [0.1, 0.15) is 6.42 Å². The summed E-state index contributed by atoms with van der Waals surface area (Å²) in [5.74, 6) is 0. The zero-order valence-electron chi connectivity index (χ0n) is 7.50. The van der Waals surface area contributed by atoms with Crippen LogP contribution in [-0.2, 0) is 4.74 Å². The molecule has 0 aromatic carbocycles. The van der Waals surface area contributed by atoms with Crippen LogP contribution in [0.5, 0.6) is 0 Å². The highest BCUT2D eigenvalue weighted by Crippen LogP contribution is 2.11. The lowest BCUT2D eigenvalue weighted by Crippen LogP contribution is -2.49. The lowest BCUT2D eigenvalue weighted by Gasteiger charge is -2.32. The summed E-state index contributed by atoms with van der Waals surface area (Å²) in [6.45, 7) is 2.83. The molecule has 0 saturated carbocycles. The summed E-state index contributed by atoms with van der Waals surface area (Å²) in [4.78, 5) is 2.05. The molecule has 2 unspecified atom stereocenters. The molecule has 2 N–H and O–H groups in total. The second kappa shape index (κ2) is 4.74. The third-order valence-electron chi connectivity index (χ3n) is 2.29. The Morgan fingerprint density at radius 2 is 2.42 bits per heavy atom. The van der Waals surface area contributed by atoms with Gasteiger partial charge in [-0.1, -0.05) is 0 Å². The Labute approximate surface area is 72.7 Å². The van der Waals surface area contributed by atoms with Crippen molar-refractivity contribution in [1.82, 2.24) is 4.90 Å². The van der Waals surface area contributed by atoms with Crippen molar-refractivity contribution in [3.63, 3.8) is 0 Å². The van der Waals surface area contributed by atoms with Gasteiger partial charge < -0.3 is 10.5 Å². The average molecular weight is 176 g/mol. The van der Waals surface area contributed by atoms with E-state index in [2.05, 4.69) is 4.90 Å². The van der Waals surface area contributed by atoms with Crippen LogP contribution in [0, 0.1) is 0 Å². The van der Waals surface area contributed by atoms with Gasteiger partial charge in [-0.3, -0.25) is 4.90 Å². The summed E-state index contributed by atoms with van der Waals surface area (Å²) in [6, 6.07) is -0.260. The number of nitrogens with zero attached hydrogens (tertiary/aromatic N) is 1. The lowest BCUT2D eigenvalue weighted by atomic mass is 10.0. The van der Waals surface area contributed by atoms with Crippen LogP contribution in [0.2, 0.25) is 0 Å². The van der Waals surface area contributed by atoms with Crippen LogP contribution >= 0.6 is 0 Å². The molecule has 0 aromatic rings. The van der Waals surface area contributed by atoms with Crippen LogP contribution in [0.4, 0.5) is 4.39 Å². The number of methoxy groups -OCH3 is 1. The zero-order valence-corrected chi connectivity index (χ0v) is 7.50. The van der Waals surface area contributed by atoms with E-state index in [0.29, 0.717) is 13.2 Å². The third kappa shape index (κ3) is 2.69. The molecule has 1 aliphatic heterocycles.